The summed E-state index contributed by atoms with van der Waals surface area (Å²) in [5.74, 6) is 0. The summed E-state index contributed by atoms with van der Waals surface area (Å²) < 4.78 is 0. The second-order valence-corrected chi connectivity index (χ2v) is 2.12. The minimum atomic E-state index is 0. The molecule has 0 aromatic carbocycles. The molecular weight excluding hydrogens is 82.9 g/mol. The molecular formula is C6H15B. The first-order chi connectivity index (χ1) is 3.00. The third-order valence-electron chi connectivity index (χ3n) is 1.50. The topological polar surface area (TPSA) is 0 Å². The lowest BCUT2D eigenvalue weighted by Crippen LogP contribution is -1.85. The lowest BCUT2D eigenvalue weighted by molar-refractivity contribution is 0.504. The molecule has 0 heterocycles. The quantitative estimate of drug-likeness (QED) is 0.399. The van der Waals surface area contributed by atoms with E-state index in [2.05, 4.69) is 0 Å². The van der Waals surface area contributed by atoms with Gasteiger partial charge in [0, 0.05) is 0 Å². The van der Waals surface area contributed by atoms with Crippen LogP contribution in [0.3, 0.4) is 0 Å². The van der Waals surface area contributed by atoms with Crippen LogP contribution >= 0.6 is 0 Å². The van der Waals surface area contributed by atoms with Crippen LogP contribution in [0.2, 0.25) is 0 Å². The van der Waals surface area contributed by atoms with Crippen molar-refractivity contribution in [2.45, 2.75) is 38.5 Å². The molecule has 0 unspecified atom stereocenters. The van der Waals surface area contributed by atoms with Crippen LogP contribution in [0.4, 0.5) is 0 Å². The molecule has 0 aromatic heterocycles. The van der Waals surface area contributed by atoms with Gasteiger partial charge in [-0.15, -0.1) is 0 Å². The maximum Gasteiger partial charge on any atom is 0.0814 e. The highest BCUT2D eigenvalue weighted by Gasteiger charge is 1.95. The van der Waals surface area contributed by atoms with Gasteiger partial charge in [-0.3, -0.25) is 0 Å². The Morgan fingerprint density at radius 3 is 0.714 bits per heavy atom. The summed E-state index contributed by atoms with van der Waals surface area (Å²) in [5.41, 5.74) is 0. The highest BCUT2D eigenvalue weighted by Crippen LogP contribution is 2.15. The lowest BCUT2D eigenvalue weighted by atomic mass is 10.0. The van der Waals surface area contributed by atoms with E-state index >= 15 is 0 Å². The van der Waals surface area contributed by atoms with Crippen LogP contribution in [0.25, 0.3) is 0 Å². The Morgan fingerprint density at radius 1 is 0.429 bits per heavy atom. The van der Waals surface area contributed by atoms with Gasteiger partial charge >= 0.3 is 0 Å². The zero-order chi connectivity index (χ0) is 4.24. The molecule has 0 nitrogen and oxygen atoms in total. The summed E-state index contributed by atoms with van der Waals surface area (Å²) >= 11 is 0. The van der Waals surface area contributed by atoms with Gasteiger partial charge < -0.3 is 0 Å². The molecule has 1 aliphatic rings. The van der Waals surface area contributed by atoms with Crippen LogP contribution in [-0.2, 0) is 0 Å². The standard InChI is InChI=1S/C6H12.BH3/c1-2-4-6-5-3-1;/h1-6H2;1H3. The summed E-state index contributed by atoms with van der Waals surface area (Å²) in [6, 6.07) is 0. The predicted octanol–water partition coefficient (Wildman–Crippen LogP) is 1.16. The molecule has 0 amide bonds. The van der Waals surface area contributed by atoms with Crippen LogP contribution in [0.1, 0.15) is 38.5 Å². The number of hydrogen-bond donors (Lipinski definition) is 0. The van der Waals surface area contributed by atoms with E-state index in [4.69, 9.17) is 0 Å². The largest absolute Gasteiger partial charge is 0.0814 e. The first-order valence-corrected chi connectivity index (χ1v) is 3.00. The minimum Gasteiger partial charge on any atom is -0.0533 e. The Hall–Kier alpha value is 0.0649. The average Bonchev–Trinajstić information content (AvgIpc) is 1.72. The van der Waals surface area contributed by atoms with E-state index < -0.39 is 0 Å². The van der Waals surface area contributed by atoms with Crippen LogP contribution in [-0.4, -0.2) is 8.41 Å². The summed E-state index contributed by atoms with van der Waals surface area (Å²) in [6.07, 6.45) is 9.00. The third-order valence-corrected chi connectivity index (χ3v) is 1.50. The van der Waals surface area contributed by atoms with Crippen molar-refractivity contribution in [3.05, 3.63) is 0 Å². The lowest BCUT2D eigenvalue weighted by Gasteiger charge is -2.05. The second kappa shape index (κ2) is 4.23. The molecule has 0 atom stereocenters. The van der Waals surface area contributed by atoms with E-state index in [9.17, 15) is 0 Å². The van der Waals surface area contributed by atoms with Gasteiger partial charge in [-0.2, -0.15) is 0 Å². The fourth-order valence-electron chi connectivity index (χ4n) is 1.06. The van der Waals surface area contributed by atoms with Crippen molar-refractivity contribution in [3.8, 4) is 0 Å². The van der Waals surface area contributed by atoms with Gasteiger partial charge in [0.2, 0.25) is 0 Å². The first-order valence-electron chi connectivity index (χ1n) is 3.00. The van der Waals surface area contributed by atoms with Gasteiger partial charge in [0.1, 0.15) is 0 Å². The molecule has 0 aromatic rings. The number of hydrogen-bond acceptors (Lipinski definition) is 0. The van der Waals surface area contributed by atoms with E-state index in [0.29, 0.717) is 0 Å². The SMILES string of the molecule is B.C1CCCCC1. The molecule has 1 fully saturated rings. The molecule has 0 aliphatic heterocycles. The summed E-state index contributed by atoms with van der Waals surface area (Å²) in [7, 11) is 0. The predicted molar refractivity (Wildman–Crippen MR) is 37.6 cm³/mol. The van der Waals surface area contributed by atoms with Crippen molar-refractivity contribution in [1.82, 2.24) is 0 Å². The molecule has 0 radical (unpaired) electrons. The van der Waals surface area contributed by atoms with Crippen molar-refractivity contribution in [1.29, 1.82) is 0 Å². The molecule has 0 saturated heterocycles. The van der Waals surface area contributed by atoms with Crippen LogP contribution < -0.4 is 0 Å². The van der Waals surface area contributed by atoms with Crippen molar-refractivity contribution >= 4 is 8.41 Å². The van der Waals surface area contributed by atoms with Crippen molar-refractivity contribution in [2.24, 2.45) is 0 Å². The smallest absolute Gasteiger partial charge is 0.0533 e. The van der Waals surface area contributed by atoms with Gasteiger partial charge in [0.15, 0.2) is 0 Å². The Bertz CT molecular complexity index is 19.7. The fourth-order valence-corrected chi connectivity index (χ4v) is 1.06. The van der Waals surface area contributed by atoms with E-state index in [0.717, 1.165) is 0 Å². The molecule has 1 rings (SSSR count). The zero-order valence-corrected chi connectivity index (χ0v) is 4.24. The van der Waals surface area contributed by atoms with E-state index in [1.165, 1.54) is 38.5 Å². The highest BCUT2D eigenvalue weighted by molar-refractivity contribution is 5.75. The third kappa shape index (κ3) is 2.72. The minimum absolute atomic E-state index is 0. The Balaban J connectivity index is 0.000000360. The van der Waals surface area contributed by atoms with Crippen LogP contribution in [0.5, 0.6) is 0 Å². The summed E-state index contributed by atoms with van der Waals surface area (Å²) in [6.45, 7) is 0. The Morgan fingerprint density at radius 2 is 0.571 bits per heavy atom. The second-order valence-electron chi connectivity index (χ2n) is 2.12. The van der Waals surface area contributed by atoms with Crippen LogP contribution in [0, 0.1) is 0 Å². The maximum absolute atomic E-state index is 1.50. The highest BCUT2D eigenvalue weighted by atomic mass is 14.0. The number of rotatable bonds is 0. The van der Waals surface area contributed by atoms with E-state index in [1.54, 1.807) is 0 Å². The summed E-state index contributed by atoms with van der Waals surface area (Å²) in [5, 5.41) is 0. The fraction of sp³-hybridized carbons (Fsp3) is 1.00. The Kier molecular flexibility index (Phi) is 4.27. The molecule has 7 heavy (non-hydrogen) atoms. The van der Waals surface area contributed by atoms with Crippen molar-refractivity contribution in [3.63, 3.8) is 0 Å². The Labute approximate surface area is 47.9 Å². The summed E-state index contributed by atoms with van der Waals surface area (Å²) in [4.78, 5) is 0. The molecule has 0 N–H and O–H groups in total. The maximum atomic E-state index is 1.50. The molecule has 1 aliphatic carbocycles. The van der Waals surface area contributed by atoms with E-state index in [-0.39, 0.29) is 8.41 Å². The van der Waals surface area contributed by atoms with Gasteiger partial charge in [-0.05, 0) is 0 Å². The molecule has 1 saturated carbocycles. The normalized spacial score (nSPS) is 20.6. The average molecular weight is 98.0 g/mol. The molecule has 42 valence electrons. The molecule has 0 spiro atoms. The molecule has 0 bridgehead atoms. The zero-order valence-electron chi connectivity index (χ0n) is 4.24. The van der Waals surface area contributed by atoms with Crippen molar-refractivity contribution < 1.29 is 0 Å². The van der Waals surface area contributed by atoms with Gasteiger partial charge in [-0.25, -0.2) is 0 Å². The first kappa shape index (κ1) is 7.06. The van der Waals surface area contributed by atoms with Gasteiger partial charge in [0.25, 0.3) is 0 Å². The van der Waals surface area contributed by atoms with Gasteiger partial charge in [-0.1, -0.05) is 38.5 Å². The van der Waals surface area contributed by atoms with Gasteiger partial charge in [0.05, 0.1) is 8.41 Å². The monoisotopic (exact) mass is 98.1 g/mol. The van der Waals surface area contributed by atoms with Crippen molar-refractivity contribution in [2.75, 3.05) is 0 Å². The van der Waals surface area contributed by atoms with Crippen LogP contribution in [0.15, 0.2) is 0 Å². The van der Waals surface area contributed by atoms with E-state index in [1.807, 2.05) is 0 Å². The molecule has 1 heteroatoms.